The van der Waals surface area contributed by atoms with Crippen molar-refractivity contribution in [1.82, 2.24) is 10.2 Å². The second kappa shape index (κ2) is 14.8. The van der Waals surface area contributed by atoms with Gasteiger partial charge >= 0.3 is 0 Å². The van der Waals surface area contributed by atoms with Crippen molar-refractivity contribution in [3.63, 3.8) is 0 Å². The summed E-state index contributed by atoms with van der Waals surface area (Å²) in [6, 6.07) is 18.0. The highest BCUT2D eigenvalue weighted by Gasteiger charge is 2.34. The van der Waals surface area contributed by atoms with Crippen LogP contribution < -0.4 is 19.1 Å². The number of hydrogen-bond donors (Lipinski definition) is 1. The number of carbonyl (C=O) groups excluding carboxylic acids is 2. The molecular weight excluding hydrogens is 613 g/mol. The molecule has 0 spiro atoms. The maximum Gasteiger partial charge on any atom is 0.244 e. The number of unbranched alkanes of at least 4 members (excludes halogenated alkanes) is 1. The summed E-state index contributed by atoms with van der Waals surface area (Å²) in [6.07, 6.45) is 1.86. The van der Waals surface area contributed by atoms with Gasteiger partial charge in [-0.2, -0.15) is 0 Å². The molecule has 2 amide bonds. The molecule has 0 saturated carbocycles. The molecule has 0 fully saturated rings. The molecule has 0 radical (unpaired) electrons. The molecular formula is C31H35Cl2N3O6S. The lowest BCUT2D eigenvalue weighted by Gasteiger charge is -2.34. The Bertz CT molecular complexity index is 1540. The van der Waals surface area contributed by atoms with Crippen molar-refractivity contribution in [2.24, 2.45) is 0 Å². The lowest BCUT2D eigenvalue weighted by molar-refractivity contribution is -0.140. The first kappa shape index (κ1) is 32.4. The van der Waals surface area contributed by atoms with E-state index in [1.807, 2.05) is 37.3 Å². The van der Waals surface area contributed by atoms with Gasteiger partial charge in [-0.15, -0.1) is 0 Å². The largest absolute Gasteiger partial charge is 0.454 e. The number of sulfonamides is 1. The van der Waals surface area contributed by atoms with Crippen LogP contribution in [0.15, 0.2) is 66.7 Å². The van der Waals surface area contributed by atoms with Crippen LogP contribution in [0.4, 0.5) is 5.69 Å². The van der Waals surface area contributed by atoms with Crippen molar-refractivity contribution >= 4 is 50.7 Å². The van der Waals surface area contributed by atoms with Gasteiger partial charge in [-0.25, -0.2) is 8.42 Å². The van der Waals surface area contributed by atoms with Crippen LogP contribution in [0.1, 0.15) is 37.8 Å². The fourth-order valence-electron chi connectivity index (χ4n) is 4.65. The molecule has 1 heterocycles. The molecule has 230 valence electrons. The molecule has 3 aromatic rings. The van der Waals surface area contributed by atoms with Gasteiger partial charge in [0.15, 0.2) is 11.5 Å². The zero-order valence-corrected chi connectivity index (χ0v) is 26.4. The van der Waals surface area contributed by atoms with E-state index in [9.17, 15) is 18.0 Å². The van der Waals surface area contributed by atoms with Crippen molar-refractivity contribution in [2.75, 3.05) is 29.9 Å². The summed E-state index contributed by atoms with van der Waals surface area (Å²) in [6.45, 7) is 3.39. The second-order valence-corrected chi connectivity index (χ2v) is 13.1. The first-order valence-corrected chi connectivity index (χ1v) is 16.4. The number of hydrogen-bond acceptors (Lipinski definition) is 6. The van der Waals surface area contributed by atoms with Crippen LogP contribution in [-0.2, 0) is 32.6 Å². The minimum Gasteiger partial charge on any atom is -0.454 e. The maximum absolute atomic E-state index is 14.3. The van der Waals surface area contributed by atoms with Crippen LogP contribution in [0.3, 0.4) is 0 Å². The first-order valence-electron chi connectivity index (χ1n) is 14.1. The summed E-state index contributed by atoms with van der Waals surface area (Å²) in [7, 11) is -3.92. The molecule has 3 aromatic carbocycles. The van der Waals surface area contributed by atoms with E-state index in [2.05, 4.69) is 5.32 Å². The Labute approximate surface area is 262 Å². The number of ether oxygens (including phenoxy) is 2. The van der Waals surface area contributed by atoms with Crippen LogP contribution in [-0.4, -0.2) is 56.8 Å². The second-order valence-electron chi connectivity index (χ2n) is 10.1. The molecule has 4 rings (SSSR count). The Morgan fingerprint density at radius 1 is 0.977 bits per heavy atom. The third-order valence-corrected chi connectivity index (χ3v) is 9.41. The quantitative estimate of drug-likeness (QED) is 0.234. The molecule has 0 aliphatic carbocycles. The minimum atomic E-state index is -3.92. The van der Waals surface area contributed by atoms with E-state index < -0.39 is 28.5 Å². The molecule has 43 heavy (non-hydrogen) atoms. The first-order chi connectivity index (χ1) is 20.6. The predicted molar refractivity (Wildman–Crippen MR) is 168 cm³/mol. The average molecular weight is 649 g/mol. The number of nitrogens with one attached hydrogen (secondary N) is 1. The van der Waals surface area contributed by atoms with Crippen LogP contribution in [0.5, 0.6) is 11.5 Å². The third kappa shape index (κ3) is 8.34. The van der Waals surface area contributed by atoms with Gasteiger partial charge in [0.1, 0.15) is 12.6 Å². The molecule has 1 aliphatic rings. The number of anilines is 1. The summed E-state index contributed by atoms with van der Waals surface area (Å²) >= 11 is 12.6. The minimum absolute atomic E-state index is 0.0161. The smallest absolute Gasteiger partial charge is 0.244 e. The molecule has 12 heteroatoms. The Hall–Kier alpha value is -3.47. The monoisotopic (exact) mass is 647 g/mol. The van der Waals surface area contributed by atoms with Gasteiger partial charge in [-0.1, -0.05) is 72.9 Å². The highest BCUT2D eigenvalue weighted by atomic mass is 35.5. The molecule has 0 saturated heterocycles. The van der Waals surface area contributed by atoms with Gasteiger partial charge in [-0.3, -0.25) is 13.9 Å². The number of amides is 2. The molecule has 0 unspecified atom stereocenters. The van der Waals surface area contributed by atoms with E-state index in [4.69, 9.17) is 32.7 Å². The van der Waals surface area contributed by atoms with Crippen LogP contribution in [0.2, 0.25) is 10.0 Å². The number of carbonyl (C=O) groups is 2. The van der Waals surface area contributed by atoms with Gasteiger partial charge in [0.2, 0.25) is 28.6 Å². The fourth-order valence-corrected chi connectivity index (χ4v) is 6.18. The summed E-state index contributed by atoms with van der Waals surface area (Å²) in [5, 5.41) is 3.70. The Kier molecular flexibility index (Phi) is 11.2. The number of fused-ring (bicyclic) bond motifs is 1. The van der Waals surface area contributed by atoms with Crippen molar-refractivity contribution in [1.29, 1.82) is 0 Å². The zero-order chi connectivity index (χ0) is 31.0. The SMILES string of the molecule is CCCCNC(=O)[C@@H](Cc1ccccc1)N(Cc1ccc(Cl)cc1Cl)C(=O)CN(c1ccc2c(c1)OCO2)S(=O)(=O)CC. The summed E-state index contributed by atoms with van der Waals surface area (Å²) in [5.41, 5.74) is 1.65. The summed E-state index contributed by atoms with van der Waals surface area (Å²) in [5.74, 6) is -0.309. The van der Waals surface area contributed by atoms with Crippen LogP contribution in [0, 0.1) is 0 Å². The highest BCUT2D eigenvalue weighted by molar-refractivity contribution is 7.92. The zero-order valence-electron chi connectivity index (χ0n) is 24.1. The van der Waals surface area contributed by atoms with Gasteiger partial charge in [0, 0.05) is 35.6 Å². The van der Waals surface area contributed by atoms with E-state index in [0.717, 1.165) is 22.7 Å². The maximum atomic E-state index is 14.3. The van der Waals surface area contributed by atoms with Crippen LogP contribution >= 0.6 is 23.2 Å². The fraction of sp³-hybridized carbons (Fsp3) is 0.355. The van der Waals surface area contributed by atoms with Gasteiger partial charge < -0.3 is 19.7 Å². The van der Waals surface area contributed by atoms with Crippen molar-refractivity contribution in [2.45, 2.75) is 45.7 Å². The highest BCUT2D eigenvalue weighted by Crippen LogP contribution is 2.36. The molecule has 1 aliphatic heterocycles. The topological polar surface area (TPSA) is 105 Å². The molecule has 0 aromatic heterocycles. The van der Waals surface area contributed by atoms with Crippen molar-refractivity contribution in [3.05, 3.63) is 87.9 Å². The number of benzene rings is 3. The number of halogens is 2. The van der Waals surface area contributed by atoms with E-state index in [0.29, 0.717) is 33.7 Å². The average Bonchev–Trinajstić information content (AvgIpc) is 3.47. The van der Waals surface area contributed by atoms with Gasteiger partial charge in [0.25, 0.3) is 0 Å². The summed E-state index contributed by atoms with van der Waals surface area (Å²) in [4.78, 5) is 29.4. The predicted octanol–water partition coefficient (Wildman–Crippen LogP) is 5.43. The van der Waals surface area contributed by atoms with Gasteiger partial charge in [0.05, 0.1) is 11.4 Å². The summed E-state index contributed by atoms with van der Waals surface area (Å²) < 4.78 is 38.6. The lowest BCUT2D eigenvalue weighted by Crippen LogP contribution is -2.53. The van der Waals surface area contributed by atoms with Gasteiger partial charge in [-0.05, 0) is 48.7 Å². The lowest BCUT2D eigenvalue weighted by atomic mass is 10.0. The molecule has 1 N–H and O–H groups in total. The molecule has 0 bridgehead atoms. The van der Waals surface area contributed by atoms with Crippen molar-refractivity contribution in [3.8, 4) is 11.5 Å². The molecule has 9 nitrogen and oxygen atoms in total. The normalized spacial score (nSPS) is 12.9. The molecule has 1 atom stereocenters. The van der Waals surface area contributed by atoms with E-state index in [-0.39, 0.29) is 37.1 Å². The van der Waals surface area contributed by atoms with E-state index in [1.54, 1.807) is 30.3 Å². The van der Waals surface area contributed by atoms with Crippen molar-refractivity contribution < 1.29 is 27.5 Å². The Balaban J connectivity index is 1.75. The number of rotatable bonds is 14. The third-order valence-electron chi connectivity index (χ3n) is 7.08. The van der Waals surface area contributed by atoms with Crippen LogP contribution in [0.25, 0.3) is 0 Å². The van der Waals surface area contributed by atoms with E-state index >= 15 is 0 Å². The Morgan fingerprint density at radius 2 is 1.72 bits per heavy atom. The van der Waals surface area contributed by atoms with E-state index in [1.165, 1.54) is 17.9 Å². The Morgan fingerprint density at radius 3 is 2.42 bits per heavy atom. The standard InChI is InChI=1S/C31H35Cl2N3O6S/c1-3-5-15-34-31(38)27(16-22-9-7-6-8-10-22)35(19-23-11-12-24(32)17-26(23)33)30(37)20-36(43(39,40)4-2)25-13-14-28-29(18-25)42-21-41-28/h6-14,17-18,27H,3-5,15-16,19-21H2,1-2H3,(H,34,38)/t27-/m1/s1. The number of nitrogens with zero attached hydrogens (tertiary/aromatic N) is 2.